The van der Waals surface area contributed by atoms with Crippen LogP contribution in [-0.4, -0.2) is 25.0 Å². The van der Waals surface area contributed by atoms with Gasteiger partial charge >= 0.3 is 0 Å². The first-order valence-electron chi connectivity index (χ1n) is 5.57. The van der Waals surface area contributed by atoms with Crippen molar-refractivity contribution in [3.05, 3.63) is 52.1 Å². The maximum atomic E-state index is 11.5. The Morgan fingerprint density at radius 2 is 2.17 bits per heavy atom. The molecule has 0 fully saturated rings. The molecule has 2 heterocycles. The van der Waals surface area contributed by atoms with Gasteiger partial charge < -0.3 is 4.98 Å². The van der Waals surface area contributed by atoms with Crippen LogP contribution in [0.2, 0.25) is 0 Å². The van der Waals surface area contributed by atoms with E-state index >= 15 is 0 Å². The van der Waals surface area contributed by atoms with Gasteiger partial charge in [0.1, 0.15) is 0 Å². The van der Waals surface area contributed by atoms with Crippen LogP contribution in [0.4, 0.5) is 0 Å². The summed E-state index contributed by atoms with van der Waals surface area (Å²) < 4.78 is 1.63. The lowest BCUT2D eigenvalue weighted by atomic mass is 10.1. The van der Waals surface area contributed by atoms with Gasteiger partial charge in [0.25, 0.3) is 5.56 Å². The number of aryl methyl sites for hydroxylation is 1. The largest absolute Gasteiger partial charge is 0.311 e. The number of aromatic amines is 1. The molecule has 0 saturated heterocycles. The molecule has 0 unspecified atom stereocenters. The zero-order valence-corrected chi connectivity index (χ0v) is 9.79. The Labute approximate surface area is 102 Å². The van der Waals surface area contributed by atoms with Crippen LogP contribution in [0.5, 0.6) is 0 Å². The van der Waals surface area contributed by atoms with E-state index in [1.807, 2.05) is 31.2 Å². The van der Waals surface area contributed by atoms with Crippen molar-refractivity contribution in [2.75, 3.05) is 0 Å². The Kier molecular flexibility index (Phi) is 2.40. The molecule has 3 aromatic rings. The van der Waals surface area contributed by atoms with Crippen molar-refractivity contribution >= 4 is 11.2 Å². The highest BCUT2D eigenvalue weighted by molar-refractivity contribution is 5.67. The van der Waals surface area contributed by atoms with Crippen molar-refractivity contribution in [3.63, 3.8) is 0 Å². The number of H-pyrrole nitrogens is 1. The molecule has 0 aliphatic rings. The van der Waals surface area contributed by atoms with Gasteiger partial charge in [-0.15, -0.1) is 5.10 Å². The molecule has 0 aliphatic carbocycles. The zero-order valence-electron chi connectivity index (χ0n) is 9.79. The first-order valence-corrected chi connectivity index (χ1v) is 5.57. The van der Waals surface area contributed by atoms with Crippen LogP contribution in [0.25, 0.3) is 11.2 Å². The van der Waals surface area contributed by atoms with E-state index in [4.69, 9.17) is 0 Å². The highest BCUT2D eigenvalue weighted by atomic mass is 16.1. The van der Waals surface area contributed by atoms with Crippen LogP contribution in [0, 0.1) is 6.92 Å². The molecule has 0 saturated carbocycles. The van der Waals surface area contributed by atoms with Gasteiger partial charge in [-0.05, 0) is 18.1 Å². The van der Waals surface area contributed by atoms with Crippen molar-refractivity contribution in [1.29, 1.82) is 0 Å². The summed E-state index contributed by atoms with van der Waals surface area (Å²) in [5.74, 6) is 0. The van der Waals surface area contributed by atoms with Crippen LogP contribution in [-0.2, 0) is 6.54 Å². The lowest BCUT2D eigenvalue weighted by Gasteiger charge is -2.05. The minimum Gasteiger partial charge on any atom is -0.311 e. The Balaban J connectivity index is 2.09. The summed E-state index contributed by atoms with van der Waals surface area (Å²) in [6.45, 7) is 2.59. The van der Waals surface area contributed by atoms with E-state index in [2.05, 4.69) is 20.3 Å². The third kappa shape index (κ3) is 1.67. The predicted molar refractivity (Wildman–Crippen MR) is 66.2 cm³/mol. The summed E-state index contributed by atoms with van der Waals surface area (Å²) in [6.07, 6.45) is 1.36. The molecule has 0 amide bonds. The van der Waals surface area contributed by atoms with E-state index in [0.29, 0.717) is 12.2 Å². The summed E-state index contributed by atoms with van der Waals surface area (Å²) in [6, 6.07) is 8.02. The second-order valence-corrected chi connectivity index (χ2v) is 4.08. The van der Waals surface area contributed by atoms with Crippen molar-refractivity contribution in [2.24, 2.45) is 0 Å². The van der Waals surface area contributed by atoms with Crippen LogP contribution in [0.3, 0.4) is 0 Å². The van der Waals surface area contributed by atoms with Crippen molar-refractivity contribution in [1.82, 2.24) is 25.0 Å². The monoisotopic (exact) mass is 241 g/mol. The summed E-state index contributed by atoms with van der Waals surface area (Å²) in [5, 5.41) is 7.83. The highest BCUT2D eigenvalue weighted by Crippen LogP contribution is 2.10. The quantitative estimate of drug-likeness (QED) is 0.722. The molecule has 0 bridgehead atoms. The number of hydrogen-bond acceptors (Lipinski definition) is 4. The Hall–Kier alpha value is -2.50. The fraction of sp³-hybridized carbons (Fsp3) is 0.167. The minimum atomic E-state index is -0.268. The number of nitrogens with one attached hydrogen (secondary N) is 1. The summed E-state index contributed by atoms with van der Waals surface area (Å²) in [4.78, 5) is 18.1. The molecule has 6 nitrogen and oxygen atoms in total. The van der Waals surface area contributed by atoms with E-state index in [1.165, 1.54) is 11.9 Å². The maximum Gasteiger partial charge on any atom is 0.280 e. The lowest BCUT2D eigenvalue weighted by molar-refractivity contribution is 0.661. The van der Waals surface area contributed by atoms with Gasteiger partial charge in [0.05, 0.1) is 12.9 Å². The van der Waals surface area contributed by atoms with Crippen molar-refractivity contribution in [3.8, 4) is 0 Å². The van der Waals surface area contributed by atoms with Gasteiger partial charge in [0.2, 0.25) is 0 Å². The van der Waals surface area contributed by atoms with Gasteiger partial charge in [-0.1, -0.05) is 29.5 Å². The number of fused-ring (bicyclic) bond motifs is 1. The number of hydrogen-bond donors (Lipinski definition) is 1. The lowest BCUT2D eigenvalue weighted by Crippen LogP contribution is -2.08. The van der Waals surface area contributed by atoms with E-state index < -0.39 is 0 Å². The van der Waals surface area contributed by atoms with E-state index in [9.17, 15) is 4.79 Å². The van der Waals surface area contributed by atoms with Crippen LogP contribution in [0.1, 0.15) is 11.1 Å². The van der Waals surface area contributed by atoms with E-state index in [1.54, 1.807) is 4.68 Å². The smallest absolute Gasteiger partial charge is 0.280 e. The first kappa shape index (κ1) is 10.6. The zero-order chi connectivity index (χ0) is 12.5. The molecule has 0 spiro atoms. The molecule has 1 N–H and O–H groups in total. The molecule has 1 aromatic carbocycles. The average Bonchev–Trinajstić information content (AvgIpc) is 2.77. The standard InChI is InChI=1S/C12H11N5O/c1-8-4-2-3-5-9(8)6-17-11-10(15-16-17)12(18)14-7-13-11/h2-5,7H,6H2,1H3,(H,13,14,18). The molecule has 0 radical (unpaired) electrons. The topological polar surface area (TPSA) is 76.5 Å². The minimum absolute atomic E-state index is 0.268. The number of benzene rings is 1. The van der Waals surface area contributed by atoms with Gasteiger partial charge in [-0.3, -0.25) is 4.79 Å². The molecular formula is C12H11N5O. The van der Waals surface area contributed by atoms with Gasteiger partial charge in [-0.25, -0.2) is 9.67 Å². The highest BCUT2D eigenvalue weighted by Gasteiger charge is 2.09. The fourth-order valence-electron chi connectivity index (χ4n) is 1.86. The summed E-state index contributed by atoms with van der Waals surface area (Å²) in [7, 11) is 0. The van der Waals surface area contributed by atoms with E-state index in [-0.39, 0.29) is 11.1 Å². The number of nitrogens with zero attached hydrogens (tertiary/aromatic N) is 4. The van der Waals surface area contributed by atoms with Crippen molar-refractivity contribution in [2.45, 2.75) is 13.5 Å². The molecule has 6 heteroatoms. The molecule has 3 rings (SSSR count). The average molecular weight is 241 g/mol. The van der Waals surface area contributed by atoms with Gasteiger partial charge in [0.15, 0.2) is 11.2 Å². The van der Waals surface area contributed by atoms with Crippen LogP contribution in [0.15, 0.2) is 35.4 Å². The van der Waals surface area contributed by atoms with Gasteiger partial charge in [0, 0.05) is 0 Å². The molecular weight excluding hydrogens is 230 g/mol. The number of aromatic nitrogens is 5. The summed E-state index contributed by atoms with van der Waals surface area (Å²) in [5.41, 5.74) is 2.81. The molecule has 0 aliphatic heterocycles. The first-order chi connectivity index (χ1) is 8.75. The molecule has 90 valence electrons. The predicted octanol–water partition coefficient (Wildman–Crippen LogP) is 0.871. The normalized spacial score (nSPS) is 10.9. The van der Waals surface area contributed by atoms with Crippen LogP contribution < -0.4 is 5.56 Å². The van der Waals surface area contributed by atoms with Gasteiger partial charge in [-0.2, -0.15) is 0 Å². The summed E-state index contributed by atoms with van der Waals surface area (Å²) >= 11 is 0. The Morgan fingerprint density at radius 3 is 3.00 bits per heavy atom. The third-order valence-corrected chi connectivity index (χ3v) is 2.89. The second kappa shape index (κ2) is 4.06. The molecule has 0 atom stereocenters. The fourth-order valence-corrected chi connectivity index (χ4v) is 1.86. The maximum absolute atomic E-state index is 11.5. The van der Waals surface area contributed by atoms with Crippen molar-refractivity contribution < 1.29 is 0 Å². The Bertz CT molecular complexity index is 758. The molecule has 2 aromatic heterocycles. The number of rotatable bonds is 2. The molecule has 18 heavy (non-hydrogen) atoms. The third-order valence-electron chi connectivity index (χ3n) is 2.89. The van der Waals surface area contributed by atoms with E-state index in [0.717, 1.165) is 5.56 Å². The Morgan fingerprint density at radius 1 is 1.33 bits per heavy atom. The SMILES string of the molecule is Cc1ccccc1Cn1nnc2c(=O)[nH]cnc21. The van der Waals surface area contributed by atoms with Crippen LogP contribution >= 0.6 is 0 Å². The second-order valence-electron chi connectivity index (χ2n) is 4.08.